The summed E-state index contributed by atoms with van der Waals surface area (Å²) in [6, 6.07) is 3.32. The Hall–Kier alpha value is -2.57. The predicted molar refractivity (Wildman–Crippen MR) is 82.1 cm³/mol. The minimum absolute atomic E-state index is 0.193. The molecule has 1 aromatic carbocycles. The third-order valence-corrected chi connectivity index (χ3v) is 3.40. The molecule has 1 amide bonds. The van der Waals surface area contributed by atoms with Gasteiger partial charge in [-0.3, -0.25) is 9.78 Å². The highest BCUT2D eigenvalue weighted by Crippen LogP contribution is 2.21. The SMILES string of the molecule is CCN(CC)c1cncc(C(=O)Nc2ccc(F)c(F)c2F)c1. The Bertz CT molecular complexity index is 718. The number of halogens is 3. The van der Waals surface area contributed by atoms with Gasteiger partial charge in [0, 0.05) is 19.3 Å². The van der Waals surface area contributed by atoms with Gasteiger partial charge in [-0.25, -0.2) is 13.2 Å². The first kappa shape index (κ1) is 16.8. The summed E-state index contributed by atoms with van der Waals surface area (Å²) in [7, 11) is 0. The lowest BCUT2D eigenvalue weighted by Gasteiger charge is -2.20. The maximum Gasteiger partial charge on any atom is 0.257 e. The van der Waals surface area contributed by atoms with Gasteiger partial charge in [-0.05, 0) is 32.0 Å². The molecule has 4 nitrogen and oxygen atoms in total. The number of nitrogens with zero attached hydrogens (tertiary/aromatic N) is 2. The first-order chi connectivity index (χ1) is 11.0. The zero-order chi connectivity index (χ0) is 17.0. The van der Waals surface area contributed by atoms with Crippen molar-refractivity contribution in [3.63, 3.8) is 0 Å². The van der Waals surface area contributed by atoms with Crippen LogP contribution in [0.3, 0.4) is 0 Å². The Kier molecular flexibility index (Phi) is 5.20. The van der Waals surface area contributed by atoms with Crippen molar-refractivity contribution in [1.82, 2.24) is 4.98 Å². The summed E-state index contributed by atoms with van der Waals surface area (Å²) in [5.41, 5.74) is 0.508. The number of benzene rings is 1. The standard InChI is InChI=1S/C16H16F3N3O/c1-3-22(4-2)11-7-10(8-20-9-11)16(23)21-13-6-5-12(17)14(18)15(13)19/h5-9H,3-4H2,1-2H3,(H,21,23). The molecule has 0 saturated heterocycles. The largest absolute Gasteiger partial charge is 0.371 e. The molecule has 23 heavy (non-hydrogen) atoms. The summed E-state index contributed by atoms with van der Waals surface area (Å²) >= 11 is 0. The van der Waals surface area contributed by atoms with Crippen LogP contribution in [-0.2, 0) is 0 Å². The summed E-state index contributed by atoms with van der Waals surface area (Å²) in [4.78, 5) is 18.1. The molecule has 0 aliphatic heterocycles. The number of aromatic nitrogens is 1. The van der Waals surface area contributed by atoms with Crippen LogP contribution in [0.2, 0.25) is 0 Å². The minimum atomic E-state index is -1.63. The Balaban J connectivity index is 2.25. The average Bonchev–Trinajstić information content (AvgIpc) is 2.57. The van der Waals surface area contributed by atoms with E-state index in [1.165, 1.54) is 6.20 Å². The molecular weight excluding hydrogens is 307 g/mol. The van der Waals surface area contributed by atoms with E-state index in [4.69, 9.17) is 0 Å². The van der Waals surface area contributed by atoms with Gasteiger partial charge in [0.1, 0.15) is 0 Å². The average molecular weight is 323 g/mol. The van der Waals surface area contributed by atoms with Gasteiger partial charge in [0.15, 0.2) is 17.5 Å². The van der Waals surface area contributed by atoms with E-state index in [0.29, 0.717) is 0 Å². The maximum absolute atomic E-state index is 13.6. The van der Waals surface area contributed by atoms with E-state index in [9.17, 15) is 18.0 Å². The number of nitrogens with one attached hydrogen (secondary N) is 1. The van der Waals surface area contributed by atoms with Gasteiger partial charge in [0.05, 0.1) is 23.1 Å². The van der Waals surface area contributed by atoms with Crippen LogP contribution >= 0.6 is 0 Å². The Morgan fingerprint density at radius 3 is 2.48 bits per heavy atom. The lowest BCUT2D eigenvalue weighted by atomic mass is 10.2. The Morgan fingerprint density at radius 2 is 1.83 bits per heavy atom. The molecule has 0 fully saturated rings. The molecule has 2 aromatic rings. The van der Waals surface area contributed by atoms with Crippen molar-refractivity contribution in [2.24, 2.45) is 0 Å². The van der Waals surface area contributed by atoms with Crippen molar-refractivity contribution < 1.29 is 18.0 Å². The van der Waals surface area contributed by atoms with Crippen LogP contribution in [0.1, 0.15) is 24.2 Å². The van der Waals surface area contributed by atoms with Crippen molar-refractivity contribution in [2.75, 3.05) is 23.3 Å². The van der Waals surface area contributed by atoms with Gasteiger partial charge < -0.3 is 10.2 Å². The highest BCUT2D eigenvalue weighted by molar-refractivity contribution is 6.04. The molecular formula is C16H16F3N3O. The summed E-state index contributed by atoms with van der Waals surface area (Å²) in [5.74, 6) is -5.04. The van der Waals surface area contributed by atoms with Gasteiger partial charge in [-0.15, -0.1) is 0 Å². The first-order valence-electron chi connectivity index (χ1n) is 7.12. The molecule has 0 aliphatic carbocycles. The number of carbonyl (C=O) groups excluding carboxylic acids is 1. The molecule has 0 atom stereocenters. The second-order valence-corrected chi connectivity index (χ2v) is 4.78. The van der Waals surface area contributed by atoms with E-state index >= 15 is 0 Å². The molecule has 0 aliphatic rings. The minimum Gasteiger partial charge on any atom is -0.371 e. The van der Waals surface area contributed by atoms with E-state index in [0.717, 1.165) is 30.9 Å². The van der Waals surface area contributed by atoms with E-state index < -0.39 is 29.0 Å². The molecule has 1 aromatic heterocycles. The van der Waals surface area contributed by atoms with Crippen molar-refractivity contribution in [3.05, 3.63) is 53.6 Å². The van der Waals surface area contributed by atoms with Crippen LogP contribution in [0.4, 0.5) is 24.5 Å². The van der Waals surface area contributed by atoms with Crippen molar-refractivity contribution in [2.45, 2.75) is 13.8 Å². The van der Waals surface area contributed by atoms with Crippen LogP contribution in [0.15, 0.2) is 30.6 Å². The molecule has 2 rings (SSSR count). The van der Waals surface area contributed by atoms with Crippen molar-refractivity contribution in [1.29, 1.82) is 0 Å². The number of pyridine rings is 1. The molecule has 0 unspecified atom stereocenters. The van der Waals surface area contributed by atoms with E-state index in [-0.39, 0.29) is 5.56 Å². The third kappa shape index (κ3) is 3.61. The number of hydrogen-bond donors (Lipinski definition) is 1. The first-order valence-corrected chi connectivity index (χ1v) is 7.12. The topological polar surface area (TPSA) is 45.2 Å². The highest BCUT2D eigenvalue weighted by Gasteiger charge is 2.16. The van der Waals surface area contributed by atoms with E-state index in [1.54, 1.807) is 12.3 Å². The van der Waals surface area contributed by atoms with E-state index in [1.807, 2.05) is 18.7 Å². The fourth-order valence-corrected chi connectivity index (χ4v) is 2.13. The molecule has 1 N–H and O–H groups in total. The molecule has 0 saturated carbocycles. The highest BCUT2D eigenvalue weighted by atomic mass is 19.2. The molecule has 0 radical (unpaired) electrons. The van der Waals surface area contributed by atoms with Crippen LogP contribution in [0.5, 0.6) is 0 Å². The van der Waals surface area contributed by atoms with Gasteiger partial charge in [0.25, 0.3) is 5.91 Å². The van der Waals surface area contributed by atoms with Gasteiger partial charge >= 0.3 is 0 Å². The zero-order valence-corrected chi connectivity index (χ0v) is 12.7. The van der Waals surface area contributed by atoms with Gasteiger partial charge in [-0.1, -0.05) is 0 Å². The molecule has 7 heteroatoms. The predicted octanol–water partition coefficient (Wildman–Crippen LogP) is 3.60. The second-order valence-electron chi connectivity index (χ2n) is 4.78. The summed E-state index contributed by atoms with van der Waals surface area (Å²) in [6.45, 7) is 5.40. The number of carbonyl (C=O) groups is 1. The summed E-state index contributed by atoms with van der Waals surface area (Å²) in [6.07, 6.45) is 2.93. The number of rotatable bonds is 5. The quantitative estimate of drug-likeness (QED) is 0.855. The third-order valence-electron chi connectivity index (χ3n) is 3.40. The van der Waals surface area contributed by atoms with Gasteiger partial charge in [-0.2, -0.15) is 0 Å². The van der Waals surface area contributed by atoms with Crippen LogP contribution in [-0.4, -0.2) is 24.0 Å². The lowest BCUT2D eigenvalue weighted by Crippen LogP contribution is -2.23. The van der Waals surface area contributed by atoms with Crippen molar-refractivity contribution >= 4 is 17.3 Å². The number of anilines is 2. The summed E-state index contributed by atoms with van der Waals surface area (Å²) < 4.78 is 39.7. The fourth-order valence-electron chi connectivity index (χ4n) is 2.13. The maximum atomic E-state index is 13.6. The van der Waals surface area contributed by atoms with Crippen LogP contribution < -0.4 is 10.2 Å². The number of amides is 1. The van der Waals surface area contributed by atoms with E-state index in [2.05, 4.69) is 10.3 Å². The smallest absolute Gasteiger partial charge is 0.257 e. The molecule has 122 valence electrons. The number of hydrogen-bond acceptors (Lipinski definition) is 3. The van der Waals surface area contributed by atoms with Crippen LogP contribution in [0, 0.1) is 17.5 Å². The van der Waals surface area contributed by atoms with Crippen LogP contribution in [0.25, 0.3) is 0 Å². The van der Waals surface area contributed by atoms with Gasteiger partial charge in [0.2, 0.25) is 0 Å². The Labute approximate surface area is 132 Å². The fraction of sp³-hybridized carbons (Fsp3) is 0.250. The molecule has 0 spiro atoms. The normalized spacial score (nSPS) is 10.5. The summed E-state index contributed by atoms with van der Waals surface area (Å²) in [5, 5.41) is 2.22. The monoisotopic (exact) mass is 323 g/mol. The second kappa shape index (κ2) is 7.13. The molecule has 1 heterocycles. The zero-order valence-electron chi connectivity index (χ0n) is 12.7. The Morgan fingerprint density at radius 1 is 1.13 bits per heavy atom. The van der Waals surface area contributed by atoms with Crippen molar-refractivity contribution in [3.8, 4) is 0 Å². The molecule has 0 bridgehead atoms. The lowest BCUT2D eigenvalue weighted by molar-refractivity contribution is 0.102.